The number of rotatable bonds is 7. The minimum absolute atomic E-state index is 0.0853. The quantitative estimate of drug-likeness (QED) is 0.302. The van der Waals surface area contributed by atoms with Gasteiger partial charge in [0.25, 0.3) is 5.91 Å². The second-order valence-electron chi connectivity index (χ2n) is 11.6. The summed E-state index contributed by atoms with van der Waals surface area (Å²) in [5.41, 5.74) is 4.78. The predicted octanol–water partition coefficient (Wildman–Crippen LogP) is 2.05. The van der Waals surface area contributed by atoms with E-state index < -0.39 is 0 Å². The Labute approximate surface area is 248 Å². The van der Waals surface area contributed by atoms with E-state index in [9.17, 15) is 14.4 Å². The van der Waals surface area contributed by atoms with Crippen LogP contribution in [0.5, 0.6) is 0 Å². The molecule has 0 saturated carbocycles. The van der Waals surface area contributed by atoms with Gasteiger partial charge in [-0.15, -0.1) is 0 Å². The van der Waals surface area contributed by atoms with Gasteiger partial charge in [0.15, 0.2) is 11.5 Å². The monoisotopic (exact) mass is 579 g/mol. The number of H-pyrrole nitrogens is 1. The van der Waals surface area contributed by atoms with Gasteiger partial charge in [-0.1, -0.05) is 0 Å². The molecule has 3 atom stereocenters. The Kier molecular flexibility index (Phi) is 6.77. The number of fused-ring (bicyclic) bond motifs is 2. The number of likely N-dealkylation sites (tertiary alicyclic amines) is 2. The summed E-state index contributed by atoms with van der Waals surface area (Å²) < 4.78 is 0. The predicted molar refractivity (Wildman–Crippen MR) is 162 cm³/mol. The first kappa shape index (κ1) is 27.0. The van der Waals surface area contributed by atoms with Crippen molar-refractivity contribution in [1.82, 2.24) is 35.3 Å². The average Bonchev–Trinajstić information content (AvgIpc) is 3.65. The van der Waals surface area contributed by atoms with Crippen LogP contribution in [0.4, 0.5) is 11.4 Å². The molecule has 12 nitrogen and oxygen atoms in total. The molecule has 2 aromatic carbocycles. The molecular weight excluding hydrogens is 546 g/mol. The van der Waals surface area contributed by atoms with Crippen molar-refractivity contribution in [3.63, 3.8) is 0 Å². The number of nitrogens with one attached hydrogen (secondary N) is 3. The van der Waals surface area contributed by atoms with Gasteiger partial charge in [-0.2, -0.15) is 5.10 Å². The van der Waals surface area contributed by atoms with Crippen LogP contribution in [0, 0.1) is 12.8 Å². The fourth-order valence-electron chi connectivity index (χ4n) is 6.28. The number of hydrogen-bond donors (Lipinski definition) is 3. The third-order valence-electron chi connectivity index (χ3n) is 8.85. The summed E-state index contributed by atoms with van der Waals surface area (Å²) >= 11 is 0. The molecule has 3 aliphatic heterocycles. The molecular formula is C31H33N9O3. The van der Waals surface area contributed by atoms with Crippen molar-refractivity contribution in [3.8, 4) is 11.4 Å². The first-order chi connectivity index (χ1) is 20.9. The molecule has 7 rings (SSSR count). The highest BCUT2D eigenvalue weighted by atomic mass is 16.2. The summed E-state index contributed by atoms with van der Waals surface area (Å²) in [6.45, 7) is 5.09. The fourth-order valence-corrected chi connectivity index (χ4v) is 6.28. The molecule has 3 amide bonds. The largest absolute Gasteiger partial charge is 0.362 e. The number of anilines is 2. The standard InChI is InChI=1S/C31H33N9O3/c1-18-12-33-29(34-13-18)19-3-6-22(7-4-19)39-15-26-25(39)16-40(26)27(41)17-38-10-9-20(14-38)30(42)35-21-5-8-24-23(11-21)28(37-36-24)31(43)32-2/h3-8,11-13,20,25-26H,9-10,14-17H2,1-2H3,(H,32,43)(H,35,42)(H,36,37)/t20-,25-,26?/m1/s1. The fraction of sp³-hybridized carbons (Fsp3) is 0.355. The molecule has 2 aromatic heterocycles. The van der Waals surface area contributed by atoms with Crippen LogP contribution in [0.2, 0.25) is 0 Å². The van der Waals surface area contributed by atoms with Crippen molar-refractivity contribution >= 4 is 40.0 Å². The molecule has 4 aromatic rings. The number of carbonyl (C=O) groups is 3. The van der Waals surface area contributed by atoms with Crippen LogP contribution in [0.15, 0.2) is 54.9 Å². The van der Waals surface area contributed by atoms with Crippen LogP contribution in [-0.4, -0.2) is 99.5 Å². The molecule has 3 N–H and O–H groups in total. The zero-order valence-corrected chi connectivity index (χ0v) is 24.1. The lowest BCUT2D eigenvalue weighted by molar-refractivity contribution is -0.144. The number of amides is 3. The molecule has 5 heterocycles. The van der Waals surface area contributed by atoms with Gasteiger partial charge < -0.3 is 20.4 Å². The summed E-state index contributed by atoms with van der Waals surface area (Å²) in [5.74, 6) is 0.256. The summed E-state index contributed by atoms with van der Waals surface area (Å²) in [4.78, 5) is 53.5. The third kappa shape index (κ3) is 4.97. The SMILES string of the molecule is CNC(=O)c1n[nH]c2ccc(NC(=O)[C@@H]3CCN(CC(=O)N4C[C@@H]5C4CN5c4ccc(-c5ncc(C)cn5)cc4)C3)cc12. The maximum absolute atomic E-state index is 13.1. The number of aromatic amines is 1. The third-order valence-corrected chi connectivity index (χ3v) is 8.85. The van der Waals surface area contributed by atoms with Crippen molar-refractivity contribution in [2.24, 2.45) is 5.92 Å². The van der Waals surface area contributed by atoms with Crippen LogP contribution in [0.3, 0.4) is 0 Å². The highest BCUT2D eigenvalue weighted by molar-refractivity contribution is 6.06. The summed E-state index contributed by atoms with van der Waals surface area (Å²) in [6, 6.07) is 14.2. The maximum atomic E-state index is 13.1. The van der Waals surface area contributed by atoms with Gasteiger partial charge >= 0.3 is 0 Å². The van der Waals surface area contributed by atoms with Crippen molar-refractivity contribution < 1.29 is 14.4 Å². The van der Waals surface area contributed by atoms with Gasteiger partial charge in [0.05, 0.1) is 30.1 Å². The van der Waals surface area contributed by atoms with Crippen LogP contribution in [0.1, 0.15) is 22.5 Å². The molecule has 0 bridgehead atoms. The summed E-state index contributed by atoms with van der Waals surface area (Å²) in [7, 11) is 1.55. The van der Waals surface area contributed by atoms with E-state index in [1.54, 1.807) is 25.2 Å². The lowest BCUT2D eigenvalue weighted by Crippen LogP contribution is -2.80. The second-order valence-corrected chi connectivity index (χ2v) is 11.6. The Bertz CT molecular complexity index is 1700. The molecule has 3 saturated heterocycles. The lowest BCUT2D eigenvalue weighted by Gasteiger charge is -2.62. The zero-order valence-electron chi connectivity index (χ0n) is 24.1. The Morgan fingerprint density at radius 1 is 1.00 bits per heavy atom. The van der Waals surface area contributed by atoms with Gasteiger partial charge in [-0.25, -0.2) is 9.97 Å². The van der Waals surface area contributed by atoms with Crippen LogP contribution >= 0.6 is 0 Å². The minimum atomic E-state index is -0.294. The smallest absolute Gasteiger partial charge is 0.272 e. The second kappa shape index (κ2) is 10.8. The Hall–Kier alpha value is -4.84. The van der Waals surface area contributed by atoms with Crippen molar-refractivity contribution in [3.05, 3.63) is 66.1 Å². The van der Waals surface area contributed by atoms with Gasteiger partial charge in [-0.3, -0.25) is 24.4 Å². The van der Waals surface area contributed by atoms with Gasteiger partial charge in [0, 0.05) is 61.4 Å². The highest BCUT2D eigenvalue weighted by Gasteiger charge is 2.53. The number of aryl methyl sites for hydroxylation is 1. The van der Waals surface area contributed by atoms with Gasteiger partial charge in [0.1, 0.15) is 0 Å². The topological polar surface area (TPSA) is 139 Å². The molecule has 0 radical (unpaired) electrons. The van der Waals surface area contributed by atoms with Gasteiger partial charge in [-0.05, 0) is 67.9 Å². The van der Waals surface area contributed by atoms with E-state index in [4.69, 9.17) is 0 Å². The number of hydrogen-bond acceptors (Lipinski definition) is 8. The van der Waals surface area contributed by atoms with Gasteiger partial charge in [0.2, 0.25) is 11.8 Å². The zero-order chi connectivity index (χ0) is 29.7. The average molecular weight is 580 g/mol. The molecule has 43 heavy (non-hydrogen) atoms. The highest BCUT2D eigenvalue weighted by Crippen LogP contribution is 2.38. The number of benzene rings is 2. The van der Waals surface area contributed by atoms with Crippen LogP contribution < -0.4 is 15.5 Å². The van der Waals surface area contributed by atoms with E-state index in [-0.39, 0.29) is 35.4 Å². The summed E-state index contributed by atoms with van der Waals surface area (Å²) in [6.07, 6.45) is 4.34. The first-order valence-electron chi connectivity index (χ1n) is 14.6. The van der Waals surface area contributed by atoms with E-state index in [1.165, 1.54) is 0 Å². The van der Waals surface area contributed by atoms with E-state index in [0.29, 0.717) is 49.0 Å². The first-order valence-corrected chi connectivity index (χ1v) is 14.6. The van der Waals surface area contributed by atoms with Crippen molar-refractivity contribution in [2.75, 3.05) is 50.0 Å². The Morgan fingerprint density at radius 3 is 2.51 bits per heavy atom. The summed E-state index contributed by atoms with van der Waals surface area (Å²) in [5, 5.41) is 13.1. The normalized spacial score (nSPS) is 21.2. The molecule has 220 valence electrons. The molecule has 0 spiro atoms. The van der Waals surface area contributed by atoms with E-state index in [0.717, 1.165) is 35.4 Å². The molecule has 0 aliphatic carbocycles. The number of aromatic nitrogens is 4. The van der Waals surface area contributed by atoms with Crippen molar-refractivity contribution in [2.45, 2.75) is 25.4 Å². The Balaban J connectivity index is 0.891. The van der Waals surface area contributed by atoms with Crippen molar-refractivity contribution in [1.29, 1.82) is 0 Å². The number of piperazine rings is 1. The Morgan fingerprint density at radius 2 is 1.79 bits per heavy atom. The molecule has 1 unspecified atom stereocenters. The number of nitrogens with zero attached hydrogens (tertiary/aromatic N) is 6. The van der Waals surface area contributed by atoms with E-state index in [1.807, 2.05) is 36.4 Å². The lowest BCUT2D eigenvalue weighted by atomic mass is 9.84. The molecule has 3 fully saturated rings. The molecule has 3 aliphatic rings. The molecule has 12 heteroatoms. The number of carbonyl (C=O) groups excluding carboxylic acids is 3. The minimum Gasteiger partial charge on any atom is -0.362 e. The maximum Gasteiger partial charge on any atom is 0.272 e. The van der Waals surface area contributed by atoms with Crippen LogP contribution in [-0.2, 0) is 9.59 Å². The van der Waals surface area contributed by atoms with Crippen LogP contribution in [0.25, 0.3) is 22.3 Å². The van der Waals surface area contributed by atoms with E-state index in [2.05, 4.69) is 52.7 Å². The van der Waals surface area contributed by atoms with E-state index >= 15 is 0 Å².